The molecule has 0 saturated carbocycles. The van der Waals surface area contributed by atoms with Crippen molar-refractivity contribution in [2.45, 2.75) is 11.8 Å². The molecular weight excluding hydrogens is 811 g/mol. The molecule has 1 atom stereocenters. The summed E-state index contributed by atoms with van der Waals surface area (Å²) in [6.07, 6.45) is 9.94. The van der Waals surface area contributed by atoms with Crippen LogP contribution in [-0.2, 0) is 5.41 Å². The van der Waals surface area contributed by atoms with E-state index in [-0.39, 0.29) is 0 Å². The summed E-state index contributed by atoms with van der Waals surface area (Å²) in [6, 6.07) is 83.6. The van der Waals surface area contributed by atoms with Gasteiger partial charge in [-0.25, -0.2) is 0 Å². The molecule has 0 fully saturated rings. The molecule has 2 heterocycles. The lowest BCUT2D eigenvalue weighted by atomic mass is 9.65. The van der Waals surface area contributed by atoms with Crippen molar-refractivity contribution in [1.82, 2.24) is 4.57 Å². The maximum Gasteiger partial charge on any atom is 0.0756 e. The van der Waals surface area contributed by atoms with Crippen LogP contribution in [0.15, 0.2) is 237 Å². The predicted octanol–water partition coefficient (Wildman–Crippen LogP) is 17.0. The molecule has 67 heavy (non-hydrogen) atoms. The van der Waals surface area contributed by atoms with Gasteiger partial charge < -0.3 is 14.4 Å². The summed E-state index contributed by atoms with van der Waals surface area (Å²) in [5.41, 5.74) is 19.8. The van der Waals surface area contributed by atoms with Gasteiger partial charge >= 0.3 is 0 Å². The van der Waals surface area contributed by atoms with Crippen molar-refractivity contribution in [3.8, 4) is 16.8 Å². The summed E-state index contributed by atoms with van der Waals surface area (Å²) in [4.78, 5) is 4.87. The maximum absolute atomic E-state index is 2.53. The van der Waals surface area contributed by atoms with Crippen LogP contribution in [0, 0.1) is 0 Å². The number of hydrogen-bond donors (Lipinski definition) is 0. The highest BCUT2D eigenvalue weighted by molar-refractivity contribution is 6.13. The highest BCUT2D eigenvalue weighted by Gasteiger charge is 2.51. The van der Waals surface area contributed by atoms with Crippen molar-refractivity contribution < 1.29 is 0 Å². The molecule has 3 nitrogen and oxygen atoms in total. The number of benzene rings is 10. The minimum absolute atomic E-state index is 0.674. The molecule has 14 rings (SSSR count). The Morgan fingerprint density at radius 1 is 0.358 bits per heavy atom. The molecule has 0 bridgehead atoms. The van der Waals surface area contributed by atoms with Crippen LogP contribution in [0.4, 0.5) is 34.1 Å². The molecule has 314 valence electrons. The maximum atomic E-state index is 2.53. The Labute approximate surface area is 390 Å². The van der Waals surface area contributed by atoms with Gasteiger partial charge in [0, 0.05) is 44.9 Å². The molecule has 3 heteroatoms. The normalized spacial score (nSPS) is 15.0. The van der Waals surface area contributed by atoms with E-state index in [1.54, 1.807) is 0 Å². The first-order valence-corrected chi connectivity index (χ1v) is 23.3. The highest BCUT2D eigenvalue weighted by Crippen LogP contribution is 2.62. The average Bonchev–Trinajstić information content (AvgIpc) is 3.74. The van der Waals surface area contributed by atoms with E-state index in [1.807, 2.05) is 0 Å². The molecule has 2 aliphatic carbocycles. The Kier molecular flexibility index (Phi) is 8.26. The number of nitrogens with zero attached hydrogens (tertiary/aromatic N) is 3. The summed E-state index contributed by atoms with van der Waals surface area (Å²) >= 11 is 0. The summed E-state index contributed by atoms with van der Waals surface area (Å²) in [7, 11) is 0. The van der Waals surface area contributed by atoms with Crippen molar-refractivity contribution in [2.75, 3.05) is 9.80 Å². The molecular formula is C64H43N3. The van der Waals surface area contributed by atoms with E-state index in [1.165, 1.54) is 82.8 Å². The van der Waals surface area contributed by atoms with Gasteiger partial charge in [0.1, 0.15) is 0 Å². The van der Waals surface area contributed by atoms with Crippen LogP contribution in [0.3, 0.4) is 0 Å². The van der Waals surface area contributed by atoms with E-state index in [9.17, 15) is 0 Å². The highest BCUT2D eigenvalue weighted by atomic mass is 15.1. The first-order valence-electron chi connectivity index (χ1n) is 23.3. The zero-order valence-electron chi connectivity index (χ0n) is 36.7. The molecule has 10 aromatic carbocycles. The van der Waals surface area contributed by atoms with Gasteiger partial charge in [-0.3, -0.25) is 0 Å². The molecule has 1 unspecified atom stereocenters. The predicted molar refractivity (Wildman–Crippen MR) is 281 cm³/mol. The van der Waals surface area contributed by atoms with Crippen molar-refractivity contribution in [2.24, 2.45) is 0 Å². The number of allylic oxidation sites excluding steroid dienone is 2. The van der Waals surface area contributed by atoms with E-state index >= 15 is 0 Å². The third-order valence-electron chi connectivity index (χ3n) is 14.5. The van der Waals surface area contributed by atoms with E-state index in [4.69, 9.17) is 0 Å². The number of rotatable bonds is 6. The van der Waals surface area contributed by atoms with Gasteiger partial charge in [-0.2, -0.15) is 0 Å². The molecule has 0 N–H and O–H groups in total. The van der Waals surface area contributed by atoms with E-state index in [0.717, 1.165) is 40.5 Å². The second kappa shape index (κ2) is 14.7. The number of fused-ring (bicyclic) bond motifs is 14. The zero-order chi connectivity index (χ0) is 44.1. The van der Waals surface area contributed by atoms with Crippen molar-refractivity contribution in [1.29, 1.82) is 0 Å². The Bertz CT molecular complexity index is 3860. The average molecular weight is 854 g/mol. The van der Waals surface area contributed by atoms with E-state index in [2.05, 4.69) is 263 Å². The SMILES string of the molecule is C1=Cc2ccc(N(c3ccccc3)c3ccc4c(c3)C3(c5cc(N(c6ccccc6)c6ccc7ccccc7c6)ccc5-4)c4ccccc4-n4c5ccccc5c5cccc3c54)cc2C=CC1. The quantitative estimate of drug-likeness (QED) is 0.165. The number of para-hydroxylation sites is 5. The first-order chi connectivity index (χ1) is 33.2. The first kappa shape index (κ1) is 37.7. The second-order valence-corrected chi connectivity index (χ2v) is 18.0. The Morgan fingerprint density at radius 2 is 0.910 bits per heavy atom. The fourth-order valence-corrected chi connectivity index (χ4v) is 11.7. The van der Waals surface area contributed by atoms with Crippen LogP contribution in [0.2, 0.25) is 0 Å². The molecule has 3 aliphatic rings. The Morgan fingerprint density at radius 3 is 1.66 bits per heavy atom. The standard InChI is InChI=1S/C64H43N3/c1-4-17-43-31-33-49(39-45(43)19-5-1)65(47-21-6-2-7-22-47)51-35-37-53-54-38-36-52(66(48-23-8-3-9-24-48)50-34-32-44-18-10-11-20-46(44)40-50)42-60(54)64(59(53)41-51)57-27-13-15-30-62(57)67-61-29-14-12-25-55(61)56-26-16-28-58(64)63(56)67/h2-42H,1H2. The monoisotopic (exact) mass is 853 g/mol. The van der Waals surface area contributed by atoms with Gasteiger partial charge in [0.05, 0.1) is 22.1 Å². The van der Waals surface area contributed by atoms with Crippen molar-refractivity contribution >= 4 is 78.9 Å². The summed E-state index contributed by atoms with van der Waals surface area (Å²) in [6.45, 7) is 0. The lowest BCUT2D eigenvalue weighted by Crippen LogP contribution is -2.33. The van der Waals surface area contributed by atoms with Crippen LogP contribution in [0.1, 0.15) is 39.8 Å². The fourth-order valence-electron chi connectivity index (χ4n) is 11.7. The van der Waals surface area contributed by atoms with Gasteiger partial charge in [0.25, 0.3) is 0 Å². The number of anilines is 6. The van der Waals surface area contributed by atoms with E-state index < -0.39 is 5.41 Å². The van der Waals surface area contributed by atoms with Crippen molar-refractivity contribution in [3.63, 3.8) is 0 Å². The smallest absolute Gasteiger partial charge is 0.0756 e. The number of aromatic nitrogens is 1. The Hall–Kier alpha value is -8.66. The van der Waals surface area contributed by atoms with Gasteiger partial charge in [-0.05, 0) is 147 Å². The third kappa shape index (κ3) is 5.52. The molecule has 0 saturated heterocycles. The van der Waals surface area contributed by atoms with E-state index in [0.29, 0.717) is 0 Å². The molecule has 11 aromatic rings. The van der Waals surface area contributed by atoms with Crippen LogP contribution >= 0.6 is 0 Å². The lowest BCUT2D eigenvalue weighted by Gasteiger charge is -2.40. The van der Waals surface area contributed by atoms with Gasteiger partial charge in [-0.1, -0.05) is 164 Å². The molecule has 1 aliphatic heterocycles. The molecule has 1 spiro atoms. The summed E-state index contributed by atoms with van der Waals surface area (Å²) in [5.74, 6) is 0. The largest absolute Gasteiger partial charge is 0.310 e. The lowest BCUT2D eigenvalue weighted by molar-refractivity contribution is 0.748. The molecule has 0 amide bonds. The Balaban J connectivity index is 1.07. The van der Waals surface area contributed by atoms with Gasteiger partial charge in [0.15, 0.2) is 0 Å². The van der Waals surface area contributed by atoms with Crippen LogP contribution in [0.5, 0.6) is 0 Å². The van der Waals surface area contributed by atoms with Crippen molar-refractivity contribution in [3.05, 3.63) is 270 Å². The summed E-state index contributed by atoms with van der Waals surface area (Å²) in [5, 5.41) is 4.97. The topological polar surface area (TPSA) is 11.4 Å². The zero-order valence-corrected chi connectivity index (χ0v) is 36.7. The molecule has 1 aromatic heterocycles. The number of hydrogen-bond acceptors (Lipinski definition) is 2. The van der Waals surface area contributed by atoms with Crippen LogP contribution in [-0.4, -0.2) is 4.57 Å². The third-order valence-corrected chi connectivity index (χ3v) is 14.5. The molecule has 0 radical (unpaired) electrons. The fraction of sp³-hybridized carbons (Fsp3) is 0.0312. The minimum atomic E-state index is -0.674. The minimum Gasteiger partial charge on any atom is -0.310 e. The summed E-state index contributed by atoms with van der Waals surface area (Å²) < 4.78 is 2.53. The van der Waals surface area contributed by atoms with Crippen LogP contribution in [0.25, 0.3) is 61.5 Å². The van der Waals surface area contributed by atoms with Gasteiger partial charge in [0.2, 0.25) is 0 Å². The van der Waals surface area contributed by atoms with Gasteiger partial charge in [-0.15, -0.1) is 0 Å². The van der Waals surface area contributed by atoms with Crippen LogP contribution < -0.4 is 9.80 Å². The second-order valence-electron chi connectivity index (χ2n) is 18.0.